The Hall–Kier alpha value is -1.46. The highest BCUT2D eigenvalue weighted by Gasteiger charge is 2.09. The van der Waals surface area contributed by atoms with Gasteiger partial charge in [0.15, 0.2) is 0 Å². The quantitative estimate of drug-likeness (QED) is 0.879. The maximum atomic E-state index is 5.68. The van der Waals surface area contributed by atoms with Crippen molar-refractivity contribution in [2.45, 2.75) is 20.4 Å². The molecule has 0 aliphatic carbocycles. The zero-order valence-corrected chi connectivity index (χ0v) is 12.9. The monoisotopic (exact) mass is 291 g/mol. The van der Waals surface area contributed by atoms with Crippen LogP contribution in [0, 0.1) is 13.8 Å². The first kappa shape index (κ1) is 14.0. The van der Waals surface area contributed by atoms with Crippen molar-refractivity contribution in [1.82, 2.24) is 4.98 Å². The molecule has 0 fully saturated rings. The van der Waals surface area contributed by atoms with Gasteiger partial charge in [0.1, 0.15) is 4.99 Å². The molecule has 0 spiro atoms. The number of rotatable bonds is 4. The molecule has 19 heavy (non-hydrogen) atoms. The third-order valence-electron chi connectivity index (χ3n) is 3.14. The van der Waals surface area contributed by atoms with Gasteiger partial charge in [-0.3, -0.25) is 0 Å². The second kappa shape index (κ2) is 5.67. The van der Waals surface area contributed by atoms with Crippen LogP contribution in [0.4, 0.5) is 5.69 Å². The Labute approximate surface area is 123 Å². The fourth-order valence-corrected chi connectivity index (χ4v) is 3.00. The van der Waals surface area contributed by atoms with E-state index in [1.165, 1.54) is 4.88 Å². The molecule has 0 radical (unpaired) electrons. The number of benzene rings is 1. The molecule has 3 nitrogen and oxygen atoms in total. The Morgan fingerprint density at radius 3 is 2.68 bits per heavy atom. The second-order valence-electron chi connectivity index (χ2n) is 4.58. The van der Waals surface area contributed by atoms with Crippen molar-refractivity contribution in [3.63, 3.8) is 0 Å². The van der Waals surface area contributed by atoms with Gasteiger partial charge in [0, 0.05) is 23.2 Å². The number of nitrogens with two attached hydrogens (primary N) is 1. The molecular formula is C14H17N3S2. The number of thiazole rings is 1. The van der Waals surface area contributed by atoms with E-state index in [0.29, 0.717) is 4.99 Å². The predicted octanol–water partition coefficient (Wildman–Crippen LogP) is 3.03. The standard InChI is InChI=1S/C14H17N3S2/c1-9-6-11(4-5-12(9)14(15)18)17(3)7-13-10(2)16-8-19-13/h4-6,8H,7H2,1-3H3,(H2,15,18). The molecule has 0 saturated heterocycles. The number of thiocarbonyl (C=S) groups is 1. The van der Waals surface area contributed by atoms with Gasteiger partial charge in [-0.15, -0.1) is 11.3 Å². The summed E-state index contributed by atoms with van der Waals surface area (Å²) in [5.74, 6) is 0. The van der Waals surface area contributed by atoms with Crippen LogP contribution in [-0.4, -0.2) is 17.0 Å². The lowest BCUT2D eigenvalue weighted by molar-refractivity contribution is 0.925. The Morgan fingerprint density at radius 2 is 2.16 bits per heavy atom. The van der Waals surface area contributed by atoms with Gasteiger partial charge in [0.05, 0.1) is 17.7 Å². The molecule has 2 rings (SSSR count). The maximum absolute atomic E-state index is 5.68. The molecule has 2 N–H and O–H groups in total. The fraction of sp³-hybridized carbons (Fsp3) is 0.286. The first-order valence-electron chi connectivity index (χ1n) is 5.99. The summed E-state index contributed by atoms with van der Waals surface area (Å²) in [6.07, 6.45) is 0. The van der Waals surface area contributed by atoms with Gasteiger partial charge in [-0.1, -0.05) is 12.2 Å². The highest BCUT2D eigenvalue weighted by Crippen LogP contribution is 2.22. The van der Waals surface area contributed by atoms with Gasteiger partial charge in [0.2, 0.25) is 0 Å². The van der Waals surface area contributed by atoms with Crippen molar-refractivity contribution in [2.24, 2.45) is 5.73 Å². The van der Waals surface area contributed by atoms with Crippen LogP contribution in [0.1, 0.15) is 21.7 Å². The van der Waals surface area contributed by atoms with E-state index >= 15 is 0 Å². The number of aromatic nitrogens is 1. The van der Waals surface area contributed by atoms with Gasteiger partial charge in [-0.2, -0.15) is 0 Å². The van der Waals surface area contributed by atoms with E-state index < -0.39 is 0 Å². The molecule has 100 valence electrons. The molecule has 0 aliphatic heterocycles. The summed E-state index contributed by atoms with van der Waals surface area (Å²) in [7, 11) is 2.08. The number of nitrogens with zero attached hydrogens (tertiary/aromatic N) is 2. The van der Waals surface area contributed by atoms with E-state index in [-0.39, 0.29) is 0 Å². The summed E-state index contributed by atoms with van der Waals surface area (Å²) in [5.41, 5.74) is 11.9. The molecule has 0 bridgehead atoms. The van der Waals surface area contributed by atoms with Crippen LogP contribution >= 0.6 is 23.6 Å². The van der Waals surface area contributed by atoms with Gasteiger partial charge in [0.25, 0.3) is 0 Å². The molecule has 5 heteroatoms. The molecule has 0 aliphatic rings. The van der Waals surface area contributed by atoms with Crippen molar-refractivity contribution in [3.05, 3.63) is 45.4 Å². The summed E-state index contributed by atoms with van der Waals surface area (Å²) in [4.78, 5) is 8.22. The summed E-state index contributed by atoms with van der Waals surface area (Å²) >= 11 is 6.72. The highest BCUT2D eigenvalue weighted by molar-refractivity contribution is 7.80. The Balaban J connectivity index is 2.20. The largest absolute Gasteiger partial charge is 0.389 e. The van der Waals surface area contributed by atoms with Gasteiger partial charge in [-0.05, 0) is 37.6 Å². The van der Waals surface area contributed by atoms with Crippen LogP contribution < -0.4 is 10.6 Å². The lowest BCUT2D eigenvalue weighted by Gasteiger charge is -2.20. The minimum absolute atomic E-state index is 0.449. The average molecular weight is 291 g/mol. The van der Waals surface area contributed by atoms with Crippen LogP contribution in [0.2, 0.25) is 0 Å². The zero-order valence-electron chi connectivity index (χ0n) is 11.3. The van der Waals surface area contributed by atoms with Crippen molar-refractivity contribution in [1.29, 1.82) is 0 Å². The fourth-order valence-electron chi connectivity index (χ4n) is 1.95. The third kappa shape index (κ3) is 3.11. The van der Waals surface area contributed by atoms with Crippen LogP contribution in [0.5, 0.6) is 0 Å². The lowest BCUT2D eigenvalue weighted by atomic mass is 10.1. The van der Waals surface area contributed by atoms with Gasteiger partial charge >= 0.3 is 0 Å². The van der Waals surface area contributed by atoms with Gasteiger partial charge < -0.3 is 10.6 Å². The summed E-state index contributed by atoms with van der Waals surface area (Å²) in [5, 5.41) is 0. The topological polar surface area (TPSA) is 42.2 Å². The Morgan fingerprint density at radius 1 is 1.42 bits per heavy atom. The van der Waals surface area contributed by atoms with E-state index in [1.807, 2.05) is 25.4 Å². The normalized spacial score (nSPS) is 10.5. The van der Waals surface area contributed by atoms with E-state index in [4.69, 9.17) is 18.0 Å². The molecular weight excluding hydrogens is 274 g/mol. The second-order valence-corrected chi connectivity index (χ2v) is 5.96. The number of anilines is 1. The molecule has 1 aromatic heterocycles. The SMILES string of the molecule is Cc1cc(N(C)Cc2scnc2C)ccc1C(N)=S. The summed E-state index contributed by atoms with van der Waals surface area (Å²) in [6.45, 7) is 4.94. The minimum Gasteiger partial charge on any atom is -0.389 e. The third-order valence-corrected chi connectivity index (χ3v) is 4.28. The molecule has 0 atom stereocenters. The van der Waals surface area contributed by atoms with Crippen molar-refractivity contribution in [3.8, 4) is 0 Å². The molecule has 0 unspecified atom stereocenters. The van der Waals surface area contributed by atoms with E-state index in [2.05, 4.69) is 29.1 Å². The smallest absolute Gasteiger partial charge is 0.104 e. The number of hydrogen-bond donors (Lipinski definition) is 1. The number of aryl methyl sites for hydroxylation is 2. The number of hydrogen-bond acceptors (Lipinski definition) is 4. The van der Waals surface area contributed by atoms with Crippen LogP contribution in [0.3, 0.4) is 0 Å². The Kier molecular flexibility index (Phi) is 4.17. The van der Waals surface area contributed by atoms with Crippen LogP contribution in [-0.2, 0) is 6.54 Å². The van der Waals surface area contributed by atoms with E-state index in [1.54, 1.807) is 11.3 Å². The minimum atomic E-state index is 0.449. The first-order chi connectivity index (χ1) is 8.99. The molecule has 0 amide bonds. The maximum Gasteiger partial charge on any atom is 0.104 e. The first-order valence-corrected chi connectivity index (χ1v) is 7.28. The Bertz CT molecular complexity index is 604. The summed E-state index contributed by atoms with van der Waals surface area (Å²) < 4.78 is 0. The molecule has 2 aromatic rings. The molecule has 1 heterocycles. The average Bonchev–Trinajstić information content (AvgIpc) is 2.74. The predicted molar refractivity (Wildman–Crippen MR) is 86.0 cm³/mol. The van der Waals surface area contributed by atoms with E-state index in [0.717, 1.165) is 29.1 Å². The van der Waals surface area contributed by atoms with Crippen molar-refractivity contribution in [2.75, 3.05) is 11.9 Å². The zero-order chi connectivity index (χ0) is 14.0. The molecule has 1 aromatic carbocycles. The summed E-state index contributed by atoms with van der Waals surface area (Å²) in [6, 6.07) is 6.16. The highest BCUT2D eigenvalue weighted by atomic mass is 32.1. The van der Waals surface area contributed by atoms with Crippen molar-refractivity contribution >= 4 is 34.2 Å². The van der Waals surface area contributed by atoms with Crippen molar-refractivity contribution < 1.29 is 0 Å². The molecule has 0 saturated carbocycles. The lowest BCUT2D eigenvalue weighted by Crippen LogP contribution is -2.17. The van der Waals surface area contributed by atoms with Crippen LogP contribution in [0.15, 0.2) is 23.7 Å². The van der Waals surface area contributed by atoms with Crippen LogP contribution in [0.25, 0.3) is 0 Å². The van der Waals surface area contributed by atoms with Gasteiger partial charge in [-0.25, -0.2) is 4.98 Å². The van der Waals surface area contributed by atoms with E-state index in [9.17, 15) is 0 Å².